The Morgan fingerprint density at radius 3 is 1.88 bits per heavy atom. The van der Waals surface area contributed by atoms with Gasteiger partial charge in [-0.25, -0.2) is 0 Å². The fourth-order valence-corrected chi connectivity index (χ4v) is 3.89. The van der Waals surface area contributed by atoms with Crippen LogP contribution in [0, 0.1) is 0 Å². The van der Waals surface area contributed by atoms with Crippen LogP contribution in [-0.2, 0) is 23.4 Å². The smallest absolute Gasteiger partial charge is 0.403 e. The number of amides is 1. The summed E-state index contributed by atoms with van der Waals surface area (Å²) in [6.07, 6.45) is -2.26. The van der Waals surface area contributed by atoms with E-state index in [1.807, 2.05) is 55.4 Å². The van der Waals surface area contributed by atoms with Gasteiger partial charge < -0.3 is 23.5 Å². The SMILES string of the molecule is CN(C(=O)CC(F)(F)F)C1=CC(B2OC(C)(C)C(C)(C)O2)CC(B2OC(C)(C)C(C)(C)O2)=C1. The first-order valence-electron chi connectivity index (χ1n) is 11.2. The summed E-state index contributed by atoms with van der Waals surface area (Å²) in [7, 11) is 0.00205. The fourth-order valence-electron chi connectivity index (χ4n) is 3.89. The minimum atomic E-state index is -4.59. The highest BCUT2D eigenvalue weighted by Gasteiger charge is 2.56. The molecule has 11 heteroatoms. The number of carbonyl (C=O) groups is 1. The van der Waals surface area contributed by atoms with E-state index in [-0.39, 0.29) is 5.82 Å². The Bertz CT molecular complexity index is 835. The maximum absolute atomic E-state index is 12.9. The monoisotopic (exact) mass is 471 g/mol. The summed E-state index contributed by atoms with van der Waals surface area (Å²) in [4.78, 5) is 13.4. The van der Waals surface area contributed by atoms with Gasteiger partial charge in [-0.1, -0.05) is 6.08 Å². The van der Waals surface area contributed by atoms with E-state index < -0.39 is 55.1 Å². The molecule has 1 unspecified atom stereocenters. The van der Waals surface area contributed by atoms with Gasteiger partial charge in [-0.05, 0) is 73.4 Å². The quantitative estimate of drug-likeness (QED) is 0.557. The Morgan fingerprint density at radius 2 is 1.42 bits per heavy atom. The van der Waals surface area contributed by atoms with Crippen LogP contribution >= 0.6 is 0 Å². The van der Waals surface area contributed by atoms with Crippen LogP contribution in [0.5, 0.6) is 0 Å². The Labute approximate surface area is 195 Å². The van der Waals surface area contributed by atoms with Gasteiger partial charge in [0, 0.05) is 18.6 Å². The number of allylic oxidation sites excluding steroid dienone is 3. The van der Waals surface area contributed by atoms with E-state index in [0.717, 1.165) is 10.4 Å². The van der Waals surface area contributed by atoms with E-state index in [2.05, 4.69) is 0 Å². The summed E-state index contributed by atoms with van der Waals surface area (Å²) in [5.74, 6) is -1.39. The van der Waals surface area contributed by atoms with Crippen LogP contribution in [0.4, 0.5) is 13.2 Å². The molecule has 1 aliphatic carbocycles. The predicted octanol–water partition coefficient (Wildman–Crippen LogP) is 4.71. The lowest BCUT2D eigenvalue weighted by atomic mass is 9.60. The molecule has 0 aromatic rings. The standard InChI is InChI=1S/C22H34B2F3NO5/c1-18(2)19(3,4)31-23(30-18)14-10-15(24-32-20(5,6)21(7,8)33-24)12-16(11-14)28(9)17(29)13-22(25,26)27/h11-12,14H,10,13H2,1-9H3. The second-order valence-electron chi connectivity index (χ2n) is 11.1. The molecule has 0 N–H and O–H groups in total. The van der Waals surface area contributed by atoms with Crippen LogP contribution in [0.3, 0.4) is 0 Å². The first kappa shape index (κ1) is 26.3. The highest BCUT2D eigenvalue weighted by Crippen LogP contribution is 2.46. The average Bonchev–Trinajstić information content (AvgIpc) is 2.99. The summed E-state index contributed by atoms with van der Waals surface area (Å²) in [6.45, 7) is 15.5. The van der Waals surface area contributed by atoms with Crippen molar-refractivity contribution in [1.82, 2.24) is 4.90 Å². The zero-order valence-corrected chi connectivity index (χ0v) is 20.9. The van der Waals surface area contributed by atoms with Gasteiger partial charge >= 0.3 is 20.4 Å². The number of hydrogen-bond donors (Lipinski definition) is 0. The van der Waals surface area contributed by atoms with Gasteiger partial charge in [-0.3, -0.25) is 4.79 Å². The maximum Gasteiger partial charge on any atom is 0.490 e. The van der Waals surface area contributed by atoms with Gasteiger partial charge in [0.05, 0.1) is 22.4 Å². The van der Waals surface area contributed by atoms with Crippen molar-refractivity contribution in [2.45, 2.75) is 103 Å². The Morgan fingerprint density at radius 1 is 0.970 bits per heavy atom. The number of likely N-dealkylation sites (N-methyl/N-ethyl adjacent to an activating group) is 1. The molecule has 2 aliphatic heterocycles. The predicted molar refractivity (Wildman–Crippen MR) is 120 cm³/mol. The van der Waals surface area contributed by atoms with Gasteiger partial charge in [0.15, 0.2) is 0 Å². The van der Waals surface area contributed by atoms with E-state index in [1.54, 1.807) is 12.2 Å². The molecule has 2 saturated heterocycles. The Hall–Kier alpha value is -1.29. The Kier molecular flexibility index (Phi) is 6.49. The van der Waals surface area contributed by atoms with Gasteiger partial charge in [0.1, 0.15) is 6.42 Å². The highest BCUT2D eigenvalue weighted by molar-refractivity contribution is 6.56. The molecule has 0 aromatic heterocycles. The van der Waals surface area contributed by atoms with Crippen molar-refractivity contribution >= 4 is 20.1 Å². The van der Waals surface area contributed by atoms with Crippen molar-refractivity contribution in [3.63, 3.8) is 0 Å². The highest BCUT2D eigenvalue weighted by atomic mass is 19.4. The molecule has 2 heterocycles. The molecule has 2 fully saturated rings. The third-order valence-electron chi connectivity index (χ3n) is 7.48. The molecule has 1 atom stereocenters. The van der Waals surface area contributed by atoms with Gasteiger partial charge in [-0.15, -0.1) is 0 Å². The van der Waals surface area contributed by atoms with Gasteiger partial charge in [-0.2, -0.15) is 13.2 Å². The summed E-state index contributed by atoms with van der Waals surface area (Å²) >= 11 is 0. The van der Waals surface area contributed by atoms with Crippen molar-refractivity contribution < 1.29 is 36.6 Å². The van der Waals surface area contributed by atoms with Crippen LogP contribution in [0.25, 0.3) is 0 Å². The zero-order chi connectivity index (χ0) is 25.2. The normalized spacial score (nSPS) is 27.9. The number of rotatable bonds is 4. The zero-order valence-electron chi connectivity index (χ0n) is 20.9. The van der Waals surface area contributed by atoms with Gasteiger partial charge in [0.2, 0.25) is 5.91 Å². The van der Waals surface area contributed by atoms with Crippen molar-refractivity contribution in [2.24, 2.45) is 0 Å². The van der Waals surface area contributed by atoms with E-state index in [9.17, 15) is 18.0 Å². The molecule has 3 aliphatic rings. The van der Waals surface area contributed by atoms with Crippen molar-refractivity contribution in [3.05, 3.63) is 23.3 Å². The number of nitrogens with zero attached hydrogens (tertiary/aromatic N) is 1. The number of hydrogen-bond acceptors (Lipinski definition) is 5. The second-order valence-corrected chi connectivity index (χ2v) is 11.1. The number of carbonyl (C=O) groups excluding carboxylic acids is 1. The fraction of sp³-hybridized carbons (Fsp3) is 0.773. The Balaban J connectivity index is 1.93. The van der Waals surface area contributed by atoms with Gasteiger partial charge in [0.25, 0.3) is 0 Å². The molecular weight excluding hydrogens is 437 g/mol. The summed E-state index contributed by atoms with van der Waals surface area (Å²) in [5, 5.41) is 0. The molecule has 33 heavy (non-hydrogen) atoms. The molecular formula is C22H34B2F3NO5. The topological polar surface area (TPSA) is 57.2 Å². The van der Waals surface area contributed by atoms with Crippen LogP contribution < -0.4 is 0 Å². The van der Waals surface area contributed by atoms with Crippen molar-refractivity contribution in [3.8, 4) is 0 Å². The summed E-state index contributed by atoms with van der Waals surface area (Å²) in [6, 6.07) is 0. The molecule has 6 nitrogen and oxygen atoms in total. The maximum atomic E-state index is 12.9. The van der Waals surface area contributed by atoms with E-state index >= 15 is 0 Å². The van der Waals surface area contributed by atoms with Crippen molar-refractivity contribution in [2.75, 3.05) is 7.05 Å². The van der Waals surface area contributed by atoms with Crippen molar-refractivity contribution in [1.29, 1.82) is 0 Å². The summed E-state index contributed by atoms with van der Waals surface area (Å²) in [5.41, 5.74) is -1.27. The molecule has 184 valence electrons. The molecule has 0 bridgehead atoms. The largest absolute Gasteiger partial charge is 0.490 e. The second kappa shape index (κ2) is 8.14. The third-order valence-corrected chi connectivity index (χ3v) is 7.48. The van der Waals surface area contributed by atoms with E-state index in [4.69, 9.17) is 18.6 Å². The van der Waals surface area contributed by atoms with Crippen LogP contribution in [0.2, 0.25) is 5.82 Å². The number of halogens is 3. The lowest BCUT2D eigenvalue weighted by Gasteiger charge is -2.32. The molecule has 0 saturated carbocycles. The summed E-state index contributed by atoms with van der Waals surface area (Å²) < 4.78 is 63.4. The van der Waals surface area contributed by atoms with E-state index in [1.165, 1.54) is 7.05 Å². The minimum absolute atomic E-state index is 0.333. The van der Waals surface area contributed by atoms with Crippen LogP contribution in [-0.4, -0.2) is 60.7 Å². The number of alkyl halides is 3. The first-order valence-corrected chi connectivity index (χ1v) is 11.2. The molecule has 3 rings (SSSR count). The first-order chi connectivity index (χ1) is 14.7. The molecule has 1 amide bonds. The molecule has 0 radical (unpaired) electrons. The van der Waals surface area contributed by atoms with Crippen LogP contribution in [0.15, 0.2) is 23.3 Å². The lowest BCUT2D eigenvalue weighted by Crippen LogP contribution is -2.41. The van der Waals surface area contributed by atoms with Crippen LogP contribution in [0.1, 0.15) is 68.2 Å². The lowest BCUT2D eigenvalue weighted by molar-refractivity contribution is -0.159. The average molecular weight is 471 g/mol. The molecule has 0 spiro atoms. The molecule has 0 aromatic carbocycles. The third kappa shape index (κ3) is 5.21. The van der Waals surface area contributed by atoms with E-state index in [0.29, 0.717) is 12.1 Å². The minimum Gasteiger partial charge on any atom is -0.403 e.